The van der Waals surface area contributed by atoms with Crippen LogP contribution in [0.3, 0.4) is 0 Å². The van der Waals surface area contributed by atoms with Crippen molar-refractivity contribution in [1.29, 1.82) is 0 Å². The maximum absolute atomic E-state index is 12.6. The summed E-state index contributed by atoms with van der Waals surface area (Å²) >= 11 is 5.67. The second-order valence-electron chi connectivity index (χ2n) is 5.09. The number of anilines is 1. The van der Waals surface area contributed by atoms with Crippen LogP contribution in [0, 0.1) is 5.92 Å². The number of aliphatic hydroxyl groups is 1. The van der Waals surface area contributed by atoms with Gasteiger partial charge in [-0.3, -0.25) is 0 Å². The van der Waals surface area contributed by atoms with Gasteiger partial charge < -0.3 is 10.4 Å². The fourth-order valence-electron chi connectivity index (χ4n) is 1.34. The highest BCUT2D eigenvalue weighted by atomic mass is 35.5. The molecule has 0 radical (unpaired) electrons. The maximum atomic E-state index is 12.6. The number of halogens is 4. The molecule has 0 aliphatic carbocycles. The lowest BCUT2D eigenvalue weighted by atomic mass is 9.92. The van der Waals surface area contributed by atoms with Crippen LogP contribution in [0.1, 0.15) is 26.3 Å². The topological polar surface area (TPSA) is 32.3 Å². The molecule has 1 rings (SSSR count). The Kier molecular flexibility index (Phi) is 4.74. The summed E-state index contributed by atoms with van der Waals surface area (Å²) in [6, 6.07) is 3.24. The SMILES string of the molecule is CC(C)C(C)(O)CNc1cc(Cl)cc(C(F)(F)F)c1. The fraction of sp³-hybridized carbons (Fsp3) is 0.538. The minimum atomic E-state index is -4.44. The molecule has 0 saturated heterocycles. The van der Waals surface area contributed by atoms with E-state index in [1.54, 1.807) is 6.92 Å². The van der Waals surface area contributed by atoms with E-state index in [1.807, 2.05) is 13.8 Å². The van der Waals surface area contributed by atoms with Crippen molar-refractivity contribution in [2.75, 3.05) is 11.9 Å². The maximum Gasteiger partial charge on any atom is 0.416 e. The van der Waals surface area contributed by atoms with Crippen LogP contribution in [-0.2, 0) is 6.18 Å². The summed E-state index contributed by atoms with van der Waals surface area (Å²) in [4.78, 5) is 0. The van der Waals surface area contributed by atoms with Gasteiger partial charge in [-0.15, -0.1) is 0 Å². The number of hydrogen-bond acceptors (Lipinski definition) is 2. The van der Waals surface area contributed by atoms with Gasteiger partial charge >= 0.3 is 6.18 Å². The summed E-state index contributed by atoms with van der Waals surface area (Å²) in [5, 5.41) is 12.8. The number of alkyl halides is 3. The van der Waals surface area contributed by atoms with Crippen molar-refractivity contribution >= 4 is 17.3 Å². The molecule has 0 bridgehead atoms. The van der Waals surface area contributed by atoms with Crippen molar-refractivity contribution in [2.45, 2.75) is 32.5 Å². The Labute approximate surface area is 115 Å². The standard InChI is InChI=1S/C13H17ClF3NO/c1-8(2)12(3,19)7-18-11-5-9(13(15,16)17)4-10(14)6-11/h4-6,8,18-19H,7H2,1-3H3. The van der Waals surface area contributed by atoms with E-state index < -0.39 is 17.3 Å². The summed E-state index contributed by atoms with van der Waals surface area (Å²) in [5.74, 6) is -0.0266. The quantitative estimate of drug-likeness (QED) is 0.873. The zero-order valence-electron chi connectivity index (χ0n) is 11.0. The van der Waals surface area contributed by atoms with E-state index in [2.05, 4.69) is 5.32 Å². The molecule has 0 aliphatic rings. The van der Waals surface area contributed by atoms with Crippen molar-refractivity contribution in [2.24, 2.45) is 5.92 Å². The molecule has 108 valence electrons. The summed E-state index contributed by atoms with van der Waals surface area (Å²) in [6.07, 6.45) is -4.44. The number of rotatable bonds is 4. The molecule has 2 nitrogen and oxygen atoms in total. The molecule has 0 spiro atoms. The van der Waals surface area contributed by atoms with E-state index in [0.717, 1.165) is 12.1 Å². The molecule has 6 heteroatoms. The highest BCUT2D eigenvalue weighted by Gasteiger charge is 2.31. The third-order valence-corrected chi connectivity index (χ3v) is 3.34. The molecule has 0 fully saturated rings. The van der Waals surface area contributed by atoms with Gasteiger partial charge in [0.1, 0.15) is 0 Å². The molecule has 1 aromatic carbocycles. The van der Waals surface area contributed by atoms with Crippen LogP contribution in [0.4, 0.5) is 18.9 Å². The second kappa shape index (κ2) is 5.59. The van der Waals surface area contributed by atoms with Gasteiger partial charge in [-0.25, -0.2) is 0 Å². The molecule has 1 atom stereocenters. The Balaban J connectivity index is 2.88. The molecule has 2 N–H and O–H groups in total. The first-order chi connectivity index (χ1) is 8.52. The molecule has 0 saturated carbocycles. The first kappa shape index (κ1) is 16.1. The van der Waals surface area contributed by atoms with Crippen LogP contribution in [0.15, 0.2) is 18.2 Å². The first-order valence-corrected chi connectivity index (χ1v) is 6.24. The fourth-order valence-corrected chi connectivity index (χ4v) is 1.58. The Hall–Kier alpha value is -0.940. The van der Waals surface area contributed by atoms with E-state index in [0.29, 0.717) is 0 Å². The van der Waals surface area contributed by atoms with Gasteiger partial charge in [0.15, 0.2) is 0 Å². The number of benzene rings is 1. The number of hydrogen-bond donors (Lipinski definition) is 2. The number of nitrogens with one attached hydrogen (secondary N) is 1. The Morgan fingerprint density at radius 2 is 1.84 bits per heavy atom. The lowest BCUT2D eigenvalue weighted by Gasteiger charge is -2.28. The van der Waals surface area contributed by atoms with Gasteiger partial charge in [-0.05, 0) is 31.0 Å². The van der Waals surface area contributed by atoms with Crippen molar-refractivity contribution < 1.29 is 18.3 Å². The minimum absolute atomic E-state index is 0.00140. The normalized spacial score (nSPS) is 15.4. The molecule has 0 heterocycles. The van der Waals surface area contributed by atoms with Crippen molar-refractivity contribution in [3.63, 3.8) is 0 Å². The zero-order chi connectivity index (χ0) is 14.8. The summed E-state index contributed by atoms with van der Waals surface area (Å²) in [6.45, 7) is 5.43. The van der Waals surface area contributed by atoms with Crippen LogP contribution in [0.25, 0.3) is 0 Å². The molecule has 19 heavy (non-hydrogen) atoms. The molecule has 0 aliphatic heterocycles. The van der Waals surface area contributed by atoms with Gasteiger partial charge in [0.2, 0.25) is 0 Å². The lowest BCUT2D eigenvalue weighted by molar-refractivity contribution is -0.137. The van der Waals surface area contributed by atoms with E-state index in [4.69, 9.17) is 11.6 Å². The van der Waals surface area contributed by atoms with Crippen LogP contribution >= 0.6 is 11.6 Å². The average Bonchev–Trinajstić information content (AvgIpc) is 2.24. The van der Waals surface area contributed by atoms with E-state index in [-0.39, 0.29) is 23.2 Å². The predicted molar refractivity (Wildman–Crippen MR) is 70.4 cm³/mol. The highest BCUT2D eigenvalue weighted by molar-refractivity contribution is 6.30. The average molecular weight is 296 g/mol. The summed E-state index contributed by atoms with van der Waals surface area (Å²) < 4.78 is 37.8. The van der Waals surface area contributed by atoms with Crippen molar-refractivity contribution in [3.8, 4) is 0 Å². The summed E-state index contributed by atoms with van der Waals surface area (Å²) in [5.41, 5.74) is -1.59. The molecule has 1 aromatic rings. The molecule has 0 aromatic heterocycles. The van der Waals surface area contributed by atoms with E-state index in [9.17, 15) is 18.3 Å². The van der Waals surface area contributed by atoms with Gasteiger partial charge in [0.05, 0.1) is 11.2 Å². The van der Waals surface area contributed by atoms with Crippen molar-refractivity contribution in [1.82, 2.24) is 0 Å². The van der Waals surface area contributed by atoms with Crippen molar-refractivity contribution in [3.05, 3.63) is 28.8 Å². The predicted octanol–water partition coefficient (Wildman–Crippen LogP) is 4.18. The Morgan fingerprint density at radius 1 is 1.26 bits per heavy atom. The van der Waals surface area contributed by atoms with Crippen LogP contribution < -0.4 is 5.32 Å². The second-order valence-corrected chi connectivity index (χ2v) is 5.53. The van der Waals surface area contributed by atoms with Crippen LogP contribution in [0.2, 0.25) is 5.02 Å². The zero-order valence-corrected chi connectivity index (χ0v) is 11.7. The minimum Gasteiger partial charge on any atom is -0.388 e. The van der Waals surface area contributed by atoms with E-state index in [1.165, 1.54) is 6.07 Å². The largest absolute Gasteiger partial charge is 0.416 e. The van der Waals surface area contributed by atoms with Gasteiger partial charge in [0.25, 0.3) is 0 Å². The molecular weight excluding hydrogens is 279 g/mol. The third kappa shape index (κ3) is 4.58. The lowest BCUT2D eigenvalue weighted by Crippen LogP contribution is -2.38. The molecule has 0 amide bonds. The van der Waals surface area contributed by atoms with Gasteiger partial charge in [-0.1, -0.05) is 25.4 Å². The Bertz CT molecular complexity index is 444. The highest BCUT2D eigenvalue weighted by Crippen LogP contribution is 2.33. The van der Waals surface area contributed by atoms with Crippen LogP contribution in [-0.4, -0.2) is 17.3 Å². The third-order valence-electron chi connectivity index (χ3n) is 3.12. The first-order valence-electron chi connectivity index (χ1n) is 5.86. The summed E-state index contributed by atoms with van der Waals surface area (Å²) in [7, 11) is 0. The smallest absolute Gasteiger partial charge is 0.388 e. The Morgan fingerprint density at radius 3 is 2.32 bits per heavy atom. The molecule has 1 unspecified atom stereocenters. The molecular formula is C13H17ClF3NO. The van der Waals surface area contributed by atoms with E-state index >= 15 is 0 Å². The van der Waals surface area contributed by atoms with Gasteiger partial charge in [-0.2, -0.15) is 13.2 Å². The monoisotopic (exact) mass is 295 g/mol. The van der Waals surface area contributed by atoms with Crippen LogP contribution in [0.5, 0.6) is 0 Å². The van der Waals surface area contributed by atoms with Gasteiger partial charge in [0, 0.05) is 17.3 Å².